The highest BCUT2D eigenvalue weighted by atomic mass is 16.6. The Morgan fingerprint density at radius 3 is 1.68 bits per heavy atom. The van der Waals surface area contributed by atoms with Crippen LogP contribution in [-0.2, 0) is 46.5 Å². The van der Waals surface area contributed by atoms with Crippen LogP contribution in [0.4, 0.5) is 4.79 Å². The van der Waals surface area contributed by atoms with Crippen LogP contribution in [0.3, 0.4) is 0 Å². The number of hydrogen-bond donors (Lipinski definition) is 1. The molecule has 0 radical (unpaired) electrons. The maximum absolute atomic E-state index is 13.1. The molecular formula is C32H43NO8. The summed E-state index contributed by atoms with van der Waals surface area (Å²) < 4.78 is 21.8. The van der Waals surface area contributed by atoms with E-state index in [1.54, 1.807) is 41.5 Å². The minimum atomic E-state index is -1.09. The van der Waals surface area contributed by atoms with E-state index in [0.29, 0.717) is 0 Å². The minimum absolute atomic E-state index is 0.00313. The molecule has 2 rings (SSSR count). The van der Waals surface area contributed by atoms with E-state index in [9.17, 15) is 19.2 Å². The van der Waals surface area contributed by atoms with Gasteiger partial charge in [-0.2, -0.15) is 0 Å². The van der Waals surface area contributed by atoms with Gasteiger partial charge in [0.05, 0.1) is 5.92 Å². The van der Waals surface area contributed by atoms with Crippen LogP contribution in [-0.4, -0.2) is 41.2 Å². The molecule has 0 spiro atoms. The van der Waals surface area contributed by atoms with Gasteiger partial charge in [0.25, 0.3) is 0 Å². The van der Waals surface area contributed by atoms with Crippen molar-refractivity contribution in [2.45, 2.75) is 97.7 Å². The molecule has 0 saturated heterocycles. The molecule has 0 aliphatic rings. The Balaban J connectivity index is 2.11. The van der Waals surface area contributed by atoms with Crippen LogP contribution >= 0.6 is 0 Å². The smallest absolute Gasteiger partial charge is 0.408 e. The summed E-state index contributed by atoms with van der Waals surface area (Å²) in [5.74, 6) is -2.31. The second-order valence-corrected chi connectivity index (χ2v) is 11.8. The summed E-state index contributed by atoms with van der Waals surface area (Å²) in [7, 11) is 0. The van der Waals surface area contributed by atoms with Gasteiger partial charge in [0.15, 0.2) is 0 Å². The summed E-state index contributed by atoms with van der Waals surface area (Å²) in [5, 5.41) is 2.58. The molecule has 2 aromatic carbocycles. The van der Waals surface area contributed by atoms with Crippen LogP contribution in [0.5, 0.6) is 0 Å². The molecule has 9 nitrogen and oxygen atoms in total. The third-order valence-electron chi connectivity index (χ3n) is 5.67. The van der Waals surface area contributed by atoms with E-state index >= 15 is 0 Å². The number of alkyl carbamates (subject to hydrolysis) is 1. The molecule has 2 atom stereocenters. The number of carbonyl (C=O) groups is 4. The lowest BCUT2D eigenvalue weighted by molar-refractivity contribution is -0.162. The van der Waals surface area contributed by atoms with Crippen molar-refractivity contribution in [3.05, 3.63) is 71.8 Å². The third-order valence-corrected chi connectivity index (χ3v) is 5.67. The number of benzene rings is 2. The van der Waals surface area contributed by atoms with Crippen molar-refractivity contribution in [1.82, 2.24) is 5.32 Å². The maximum atomic E-state index is 13.1. The first-order chi connectivity index (χ1) is 19.2. The first-order valence-electron chi connectivity index (χ1n) is 13.8. The predicted octanol–water partition coefficient (Wildman–Crippen LogP) is 5.88. The average molecular weight is 570 g/mol. The fourth-order valence-corrected chi connectivity index (χ4v) is 3.80. The Morgan fingerprint density at radius 1 is 0.659 bits per heavy atom. The van der Waals surface area contributed by atoms with Gasteiger partial charge < -0.3 is 24.3 Å². The molecule has 0 heterocycles. The number of nitrogens with one attached hydrogen (secondary N) is 1. The average Bonchev–Trinajstić information content (AvgIpc) is 2.89. The van der Waals surface area contributed by atoms with E-state index in [2.05, 4.69) is 5.32 Å². The first kappa shape index (κ1) is 33.3. The summed E-state index contributed by atoms with van der Waals surface area (Å²) in [6.07, 6.45) is -0.419. The molecule has 0 saturated carbocycles. The number of amides is 1. The zero-order valence-electron chi connectivity index (χ0n) is 24.9. The van der Waals surface area contributed by atoms with E-state index in [1.807, 2.05) is 60.7 Å². The van der Waals surface area contributed by atoms with Crippen molar-refractivity contribution in [1.29, 1.82) is 0 Å². The Bertz CT molecular complexity index is 1120. The Hall–Kier alpha value is -3.88. The maximum Gasteiger partial charge on any atom is 0.408 e. The van der Waals surface area contributed by atoms with Crippen LogP contribution in [0.2, 0.25) is 0 Å². The first-order valence-corrected chi connectivity index (χ1v) is 13.8. The van der Waals surface area contributed by atoms with Gasteiger partial charge in [0, 0.05) is 6.42 Å². The van der Waals surface area contributed by atoms with Crippen molar-refractivity contribution < 1.29 is 38.1 Å². The quantitative estimate of drug-likeness (QED) is 0.235. The fraction of sp³-hybridized carbons (Fsp3) is 0.500. The minimum Gasteiger partial charge on any atom is -0.460 e. The van der Waals surface area contributed by atoms with Crippen molar-refractivity contribution in [2.24, 2.45) is 5.92 Å². The van der Waals surface area contributed by atoms with Gasteiger partial charge in [-0.05, 0) is 71.9 Å². The van der Waals surface area contributed by atoms with Gasteiger partial charge >= 0.3 is 24.0 Å². The van der Waals surface area contributed by atoms with E-state index in [1.165, 1.54) is 0 Å². The molecule has 0 aliphatic carbocycles. The summed E-state index contributed by atoms with van der Waals surface area (Å²) in [6, 6.07) is 17.2. The van der Waals surface area contributed by atoms with Crippen molar-refractivity contribution in [2.75, 3.05) is 0 Å². The third kappa shape index (κ3) is 14.4. The van der Waals surface area contributed by atoms with E-state index < -0.39 is 47.2 Å². The van der Waals surface area contributed by atoms with E-state index in [-0.39, 0.29) is 38.9 Å². The zero-order chi connectivity index (χ0) is 30.5. The number of carbonyl (C=O) groups excluding carboxylic acids is 4. The van der Waals surface area contributed by atoms with Crippen LogP contribution in [0, 0.1) is 5.92 Å². The lowest BCUT2D eigenvalue weighted by Gasteiger charge is -2.25. The van der Waals surface area contributed by atoms with Crippen LogP contribution in [0.15, 0.2) is 60.7 Å². The monoisotopic (exact) mass is 569 g/mol. The largest absolute Gasteiger partial charge is 0.460 e. The fourth-order valence-electron chi connectivity index (χ4n) is 3.80. The molecule has 0 unspecified atom stereocenters. The van der Waals surface area contributed by atoms with Crippen molar-refractivity contribution >= 4 is 24.0 Å². The van der Waals surface area contributed by atoms with Crippen molar-refractivity contribution in [3.8, 4) is 0 Å². The summed E-state index contributed by atoms with van der Waals surface area (Å²) in [4.78, 5) is 51.1. The molecule has 0 bridgehead atoms. The lowest BCUT2D eigenvalue weighted by Crippen LogP contribution is -2.42. The highest BCUT2D eigenvalue weighted by Gasteiger charge is 2.30. The van der Waals surface area contributed by atoms with Gasteiger partial charge in [0.1, 0.15) is 30.5 Å². The highest BCUT2D eigenvalue weighted by Crippen LogP contribution is 2.22. The van der Waals surface area contributed by atoms with Gasteiger partial charge in [0.2, 0.25) is 0 Å². The molecule has 41 heavy (non-hydrogen) atoms. The van der Waals surface area contributed by atoms with E-state index in [4.69, 9.17) is 18.9 Å². The molecule has 9 heteroatoms. The summed E-state index contributed by atoms with van der Waals surface area (Å²) in [6.45, 7) is 10.6. The summed E-state index contributed by atoms with van der Waals surface area (Å²) >= 11 is 0. The zero-order valence-corrected chi connectivity index (χ0v) is 24.9. The van der Waals surface area contributed by atoms with Gasteiger partial charge in [-0.25, -0.2) is 9.59 Å². The van der Waals surface area contributed by atoms with Crippen LogP contribution in [0.25, 0.3) is 0 Å². The molecule has 0 aliphatic heterocycles. The van der Waals surface area contributed by atoms with Gasteiger partial charge in [-0.3, -0.25) is 9.59 Å². The second kappa shape index (κ2) is 15.8. The SMILES string of the molecule is CC(C)(C)OC(=O)CC[C@H](CC[C@@H](NC(=O)OCc1ccccc1)C(=O)OCc1ccccc1)C(=O)OC(C)(C)C. The number of hydrogen-bond acceptors (Lipinski definition) is 8. The molecule has 1 amide bonds. The van der Waals surface area contributed by atoms with Crippen LogP contribution < -0.4 is 5.32 Å². The molecule has 0 aromatic heterocycles. The Kier molecular flexibility index (Phi) is 12.8. The second-order valence-electron chi connectivity index (χ2n) is 11.8. The molecule has 224 valence electrons. The molecule has 2 aromatic rings. The van der Waals surface area contributed by atoms with Gasteiger partial charge in [-0.1, -0.05) is 60.7 Å². The number of esters is 3. The number of ether oxygens (including phenoxy) is 4. The van der Waals surface area contributed by atoms with E-state index in [0.717, 1.165) is 11.1 Å². The Labute approximate surface area is 242 Å². The molecule has 1 N–H and O–H groups in total. The van der Waals surface area contributed by atoms with Crippen molar-refractivity contribution in [3.63, 3.8) is 0 Å². The van der Waals surface area contributed by atoms with Gasteiger partial charge in [-0.15, -0.1) is 0 Å². The summed E-state index contributed by atoms with van der Waals surface area (Å²) in [5.41, 5.74) is 0.179. The topological polar surface area (TPSA) is 117 Å². The number of rotatable bonds is 13. The molecular weight excluding hydrogens is 526 g/mol. The Morgan fingerprint density at radius 2 is 1.17 bits per heavy atom. The predicted molar refractivity (Wildman–Crippen MR) is 153 cm³/mol. The highest BCUT2D eigenvalue weighted by molar-refractivity contribution is 5.81. The normalized spacial score (nSPS) is 12.9. The lowest BCUT2D eigenvalue weighted by atomic mass is 9.94. The molecule has 0 fully saturated rings. The van der Waals surface area contributed by atoms with Crippen LogP contribution in [0.1, 0.15) is 78.4 Å². The standard InChI is InChI=1S/C32H43NO8/c1-31(2,3)40-27(34)20-18-25(28(35)41-32(4,5)6)17-19-26(29(36)38-21-23-13-9-7-10-14-23)33-30(37)39-22-24-15-11-8-12-16-24/h7-16,25-26H,17-22H2,1-6H3,(H,33,37)/t25-,26+/m0/s1.